The van der Waals surface area contributed by atoms with E-state index in [4.69, 9.17) is 10.5 Å². The van der Waals surface area contributed by atoms with E-state index in [9.17, 15) is 26.0 Å². The molecule has 0 aliphatic heterocycles. The van der Waals surface area contributed by atoms with Gasteiger partial charge in [0, 0.05) is 6.54 Å². The summed E-state index contributed by atoms with van der Waals surface area (Å²) < 4.78 is 79.6. The molecule has 0 radical (unpaired) electrons. The van der Waals surface area contributed by atoms with Crippen LogP contribution in [-0.2, 0) is 16.6 Å². The van der Waals surface area contributed by atoms with Gasteiger partial charge in [-0.25, -0.2) is 21.9 Å². The maximum Gasteiger partial charge on any atom is 0.320 e. The molecule has 0 heterocycles. The zero-order valence-electron chi connectivity index (χ0n) is 10.9. The van der Waals surface area contributed by atoms with Crippen molar-refractivity contribution in [1.82, 2.24) is 4.72 Å². The number of halogens is 4. The molecular weight excluding hydrogens is 316 g/mol. The van der Waals surface area contributed by atoms with Crippen molar-refractivity contribution in [2.24, 2.45) is 5.73 Å². The molecule has 21 heavy (non-hydrogen) atoms. The van der Waals surface area contributed by atoms with Gasteiger partial charge in [0.15, 0.2) is 0 Å². The number of hydrogen-bond acceptors (Lipinski definition) is 4. The van der Waals surface area contributed by atoms with Crippen LogP contribution in [0, 0.1) is 0 Å². The number of methoxy groups -OCH3 is 1. The molecule has 0 spiro atoms. The standard InChI is InChI=1S/C11H14F4N2O3S/c1-20-8-4-7(5-16)2-3-9(8)21(18,19)17-6-11(14,15)10(12)13/h2-4,10,17H,5-6,16H2,1H3. The summed E-state index contributed by atoms with van der Waals surface area (Å²) in [5.74, 6) is -4.58. The van der Waals surface area contributed by atoms with Crippen LogP contribution in [0.3, 0.4) is 0 Å². The van der Waals surface area contributed by atoms with Gasteiger partial charge in [0.25, 0.3) is 0 Å². The Morgan fingerprint density at radius 3 is 2.48 bits per heavy atom. The van der Waals surface area contributed by atoms with Crippen LogP contribution >= 0.6 is 0 Å². The van der Waals surface area contributed by atoms with Crippen LogP contribution in [0.4, 0.5) is 17.6 Å². The molecule has 5 nitrogen and oxygen atoms in total. The normalized spacial score (nSPS) is 12.7. The number of alkyl halides is 4. The number of ether oxygens (including phenoxy) is 1. The van der Waals surface area contributed by atoms with Gasteiger partial charge in [-0.05, 0) is 17.7 Å². The van der Waals surface area contributed by atoms with Crippen LogP contribution in [0.2, 0.25) is 0 Å². The van der Waals surface area contributed by atoms with Gasteiger partial charge in [-0.1, -0.05) is 6.07 Å². The highest BCUT2D eigenvalue weighted by molar-refractivity contribution is 7.89. The second-order valence-electron chi connectivity index (χ2n) is 4.08. The fourth-order valence-corrected chi connectivity index (χ4v) is 2.60. The quantitative estimate of drug-likeness (QED) is 0.739. The Morgan fingerprint density at radius 1 is 1.38 bits per heavy atom. The van der Waals surface area contributed by atoms with Gasteiger partial charge in [-0.3, -0.25) is 0 Å². The van der Waals surface area contributed by atoms with Gasteiger partial charge in [0.2, 0.25) is 10.0 Å². The van der Waals surface area contributed by atoms with E-state index in [1.54, 1.807) is 0 Å². The molecule has 120 valence electrons. The van der Waals surface area contributed by atoms with Gasteiger partial charge >= 0.3 is 12.3 Å². The highest BCUT2D eigenvalue weighted by Gasteiger charge is 2.41. The van der Waals surface area contributed by atoms with Crippen LogP contribution in [0.1, 0.15) is 5.56 Å². The van der Waals surface area contributed by atoms with Gasteiger partial charge in [-0.15, -0.1) is 0 Å². The zero-order chi connectivity index (χ0) is 16.3. The Balaban J connectivity index is 3.03. The molecule has 1 aromatic carbocycles. The molecule has 0 unspecified atom stereocenters. The molecular formula is C11H14F4N2O3S. The first-order valence-corrected chi connectivity index (χ1v) is 7.15. The SMILES string of the molecule is COc1cc(CN)ccc1S(=O)(=O)NCC(F)(F)C(F)F. The number of rotatable bonds is 7. The maximum absolute atomic E-state index is 12.8. The van der Waals surface area contributed by atoms with Crippen molar-refractivity contribution < 1.29 is 30.7 Å². The van der Waals surface area contributed by atoms with E-state index < -0.39 is 33.8 Å². The summed E-state index contributed by atoms with van der Waals surface area (Å²) in [7, 11) is -3.24. The van der Waals surface area contributed by atoms with E-state index >= 15 is 0 Å². The van der Waals surface area contributed by atoms with Crippen molar-refractivity contribution in [3.05, 3.63) is 23.8 Å². The minimum absolute atomic E-state index is 0.119. The van der Waals surface area contributed by atoms with Gasteiger partial charge in [0.05, 0.1) is 13.7 Å². The predicted molar refractivity (Wildman–Crippen MR) is 67.0 cm³/mol. The number of nitrogens with one attached hydrogen (secondary N) is 1. The maximum atomic E-state index is 12.8. The summed E-state index contributed by atoms with van der Waals surface area (Å²) in [6, 6.07) is 3.78. The molecule has 0 aromatic heterocycles. The largest absolute Gasteiger partial charge is 0.495 e. The third-order valence-corrected chi connectivity index (χ3v) is 4.01. The molecule has 0 fully saturated rings. The molecule has 0 aliphatic carbocycles. The molecule has 0 saturated heterocycles. The van der Waals surface area contributed by atoms with Gasteiger partial charge in [0.1, 0.15) is 10.6 Å². The lowest BCUT2D eigenvalue weighted by molar-refractivity contribution is -0.122. The van der Waals surface area contributed by atoms with Crippen molar-refractivity contribution in [1.29, 1.82) is 0 Å². The van der Waals surface area contributed by atoms with Crippen molar-refractivity contribution >= 4 is 10.0 Å². The summed E-state index contributed by atoms with van der Waals surface area (Å²) in [6.07, 6.45) is -3.97. The fraction of sp³-hybridized carbons (Fsp3) is 0.455. The number of nitrogens with two attached hydrogens (primary N) is 1. The van der Waals surface area contributed by atoms with Gasteiger partial charge in [-0.2, -0.15) is 8.78 Å². The number of sulfonamides is 1. The van der Waals surface area contributed by atoms with Crippen LogP contribution < -0.4 is 15.2 Å². The Kier molecular flexibility index (Phi) is 5.54. The van der Waals surface area contributed by atoms with Crippen molar-refractivity contribution in [2.45, 2.75) is 23.8 Å². The van der Waals surface area contributed by atoms with Crippen LogP contribution in [0.25, 0.3) is 0 Å². The first-order chi connectivity index (χ1) is 9.64. The smallest absolute Gasteiger partial charge is 0.320 e. The lowest BCUT2D eigenvalue weighted by Crippen LogP contribution is -2.41. The van der Waals surface area contributed by atoms with E-state index in [1.807, 2.05) is 0 Å². The van der Waals surface area contributed by atoms with Crippen LogP contribution in [0.15, 0.2) is 23.1 Å². The third kappa shape index (κ3) is 4.29. The molecule has 1 aromatic rings. The second kappa shape index (κ2) is 6.58. The molecule has 1 rings (SSSR count). The molecule has 3 N–H and O–H groups in total. The highest BCUT2D eigenvalue weighted by Crippen LogP contribution is 2.26. The minimum Gasteiger partial charge on any atom is -0.495 e. The monoisotopic (exact) mass is 330 g/mol. The molecule has 10 heteroatoms. The summed E-state index contributed by atoms with van der Waals surface area (Å²) >= 11 is 0. The number of hydrogen-bond donors (Lipinski definition) is 2. The average molecular weight is 330 g/mol. The third-order valence-electron chi connectivity index (χ3n) is 2.57. The van der Waals surface area contributed by atoms with E-state index in [2.05, 4.69) is 0 Å². The van der Waals surface area contributed by atoms with Crippen molar-refractivity contribution in [3.63, 3.8) is 0 Å². The average Bonchev–Trinajstić information content (AvgIpc) is 2.44. The summed E-state index contributed by atoms with van der Waals surface area (Å²) in [5.41, 5.74) is 5.94. The molecule has 0 bridgehead atoms. The minimum atomic E-state index is -4.46. The lowest BCUT2D eigenvalue weighted by atomic mass is 10.2. The zero-order valence-corrected chi connectivity index (χ0v) is 11.8. The molecule has 0 saturated carbocycles. The molecule has 0 aliphatic rings. The van der Waals surface area contributed by atoms with Crippen molar-refractivity contribution in [2.75, 3.05) is 13.7 Å². The second-order valence-corrected chi connectivity index (χ2v) is 5.81. The van der Waals surface area contributed by atoms with Crippen molar-refractivity contribution in [3.8, 4) is 5.75 Å². The molecule has 0 amide bonds. The van der Waals surface area contributed by atoms with E-state index in [0.29, 0.717) is 5.56 Å². The first-order valence-electron chi connectivity index (χ1n) is 5.66. The Morgan fingerprint density at radius 2 is 2.00 bits per heavy atom. The Labute approximate surface area is 119 Å². The fourth-order valence-electron chi connectivity index (χ4n) is 1.41. The molecule has 0 atom stereocenters. The van der Waals surface area contributed by atoms with Crippen LogP contribution in [0.5, 0.6) is 5.75 Å². The van der Waals surface area contributed by atoms with E-state index in [0.717, 1.165) is 6.07 Å². The Hall–Kier alpha value is -1.39. The number of benzene rings is 1. The van der Waals surface area contributed by atoms with E-state index in [-0.39, 0.29) is 12.3 Å². The Bertz CT molecular complexity index is 593. The predicted octanol–water partition coefficient (Wildman–Crippen LogP) is 1.33. The summed E-state index contributed by atoms with van der Waals surface area (Å²) in [4.78, 5) is -0.438. The lowest BCUT2D eigenvalue weighted by Gasteiger charge is -2.17. The summed E-state index contributed by atoms with van der Waals surface area (Å²) in [5, 5.41) is 0. The first kappa shape index (κ1) is 17.7. The summed E-state index contributed by atoms with van der Waals surface area (Å²) in [6.45, 7) is -1.59. The van der Waals surface area contributed by atoms with Crippen LogP contribution in [-0.4, -0.2) is 34.4 Å². The topological polar surface area (TPSA) is 81.4 Å². The van der Waals surface area contributed by atoms with Gasteiger partial charge < -0.3 is 10.5 Å². The highest BCUT2D eigenvalue weighted by atomic mass is 32.2. The van der Waals surface area contributed by atoms with E-state index in [1.165, 1.54) is 24.0 Å².